The number of rotatable bonds is 7. The van der Waals surface area contributed by atoms with E-state index in [0.29, 0.717) is 12.3 Å². The van der Waals surface area contributed by atoms with Crippen molar-refractivity contribution in [2.45, 2.75) is 18.9 Å². The number of ether oxygens (including phenoxy) is 1. The van der Waals surface area contributed by atoms with Gasteiger partial charge >= 0.3 is 0 Å². The molecule has 0 aliphatic rings. The summed E-state index contributed by atoms with van der Waals surface area (Å²) < 4.78 is 6.93. The number of carbonyl (C=O) groups excluding carboxylic acids is 1. The van der Waals surface area contributed by atoms with Gasteiger partial charge in [-0.1, -0.05) is 30.0 Å². The average molecular weight is 395 g/mol. The number of anilines is 1. The molecule has 7 heteroatoms. The molecule has 28 heavy (non-hydrogen) atoms. The first-order chi connectivity index (χ1) is 13.6. The largest absolute Gasteiger partial charge is 0.494 e. The Labute approximate surface area is 167 Å². The van der Waals surface area contributed by atoms with Gasteiger partial charge in [-0.3, -0.25) is 14.2 Å². The van der Waals surface area contributed by atoms with Crippen molar-refractivity contribution in [2.75, 3.05) is 17.7 Å². The first kappa shape index (κ1) is 19.7. The second kappa shape index (κ2) is 9.23. The van der Waals surface area contributed by atoms with Crippen LogP contribution >= 0.6 is 11.8 Å². The van der Waals surface area contributed by atoms with Gasteiger partial charge in [-0.2, -0.15) is 0 Å². The minimum atomic E-state index is -0.264. The Morgan fingerprint density at radius 2 is 1.93 bits per heavy atom. The van der Waals surface area contributed by atoms with Gasteiger partial charge in [0.2, 0.25) is 5.91 Å². The van der Waals surface area contributed by atoms with Crippen molar-refractivity contribution in [1.29, 1.82) is 0 Å². The molecule has 2 aromatic carbocycles. The van der Waals surface area contributed by atoms with Crippen molar-refractivity contribution >= 4 is 23.4 Å². The highest BCUT2D eigenvalue weighted by atomic mass is 32.2. The normalized spacial score (nSPS) is 10.5. The van der Waals surface area contributed by atoms with Crippen LogP contribution in [0.25, 0.3) is 5.69 Å². The van der Waals surface area contributed by atoms with E-state index in [9.17, 15) is 9.59 Å². The van der Waals surface area contributed by atoms with E-state index < -0.39 is 0 Å². The maximum Gasteiger partial charge on any atom is 0.287 e. The molecule has 0 bridgehead atoms. The Balaban J connectivity index is 1.70. The lowest BCUT2D eigenvalue weighted by Gasteiger charge is -2.09. The summed E-state index contributed by atoms with van der Waals surface area (Å²) in [6.45, 7) is 4.43. The van der Waals surface area contributed by atoms with Crippen LogP contribution in [0.5, 0.6) is 5.75 Å². The van der Waals surface area contributed by atoms with Gasteiger partial charge in [0.05, 0.1) is 12.4 Å². The molecule has 1 amide bonds. The summed E-state index contributed by atoms with van der Waals surface area (Å²) in [4.78, 5) is 29.1. The van der Waals surface area contributed by atoms with Crippen molar-refractivity contribution in [3.8, 4) is 11.4 Å². The number of thioether (sulfide) groups is 1. The molecule has 0 spiro atoms. The summed E-state index contributed by atoms with van der Waals surface area (Å²) in [5.74, 6) is 0.664. The zero-order valence-electron chi connectivity index (χ0n) is 15.7. The SMILES string of the molecule is CCOc1ccc(-n2ccnc(SCC(=O)Nc3ccccc3C)c2=O)cc1. The van der Waals surface area contributed by atoms with Crippen molar-refractivity contribution in [3.05, 3.63) is 76.8 Å². The van der Waals surface area contributed by atoms with E-state index >= 15 is 0 Å². The molecule has 0 atom stereocenters. The molecule has 0 unspecified atom stereocenters. The lowest BCUT2D eigenvalue weighted by atomic mass is 10.2. The van der Waals surface area contributed by atoms with Crippen LogP contribution in [0.4, 0.5) is 5.69 Å². The predicted molar refractivity (Wildman–Crippen MR) is 112 cm³/mol. The predicted octanol–water partition coefficient (Wildman–Crippen LogP) is 3.67. The monoisotopic (exact) mass is 395 g/mol. The Kier molecular flexibility index (Phi) is 6.49. The Hall–Kier alpha value is -3.06. The van der Waals surface area contributed by atoms with Crippen LogP contribution < -0.4 is 15.6 Å². The van der Waals surface area contributed by atoms with E-state index in [4.69, 9.17) is 4.74 Å². The fourth-order valence-electron chi connectivity index (χ4n) is 2.60. The first-order valence-electron chi connectivity index (χ1n) is 8.87. The quantitative estimate of drug-likeness (QED) is 0.618. The first-order valence-corrected chi connectivity index (χ1v) is 9.86. The van der Waals surface area contributed by atoms with Crippen LogP contribution in [-0.2, 0) is 4.79 Å². The number of carbonyl (C=O) groups is 1. The molecule has 0 radical (unpaired) electrons. The van der Waals surface area contributed by atoms with Gasteiger partial charge in [0, 0.05) is 23.8 Å². The molecule has 0 aliphatic carbocycles. The average Bonchev–Trinajstić information content (AvgIpc) is 2.70. The van der Waals surface area contributed by atoms with Gasteiger partial charge < -0.3 is 10.1 Å². The zero-order valence-corrected chi connectivity index (χ0v) is 16.5. The molecule has 3 aromatic rings. The van der Waals surface area contributed by atoms with Crippen LogP contribution in [-0.4, -0.2) is 27.8 Å². The number of hydrogen-bond donors (Lipinski definition) is 1. The van der Waals surface area contributed by atoms with E-state index in [-0.39, 0.29) is 22.2 Å². The molecule has 1 N–H and O–H groups in total. The summed E-state index contributed by atoms with van der Waals surface area (Å²) in [7, 11) is 0. The summed E-state index contributed by atoms with van der Waals surface area (Å²) in [6, 6.07) is 14.8. The fraction of sp³-hybridized carbons (Fsp3) is 0.190. The van der Waals surface area contributed by atoms with E-state index in [1.807, 2.05) is 62.4 Å². The van der Waals surface area contributed by atoms with Gasteiger partial charge in [-0.25, -0.2) is 4.98 Å². The molecule has 0 fully saturated rings. The number of benzene rings is 2. The van der Waals surface area contributed by atoms with Gasteiger partial charge in [-0.05, 0) is 49.7 Å². The van der Waals surface area contributed by atoms with E-state index in [0.717, 1.165) is 28.8 Å². The van der Waals surface area contributed by atoms with Crippen LogP contribution in [0.1, 0.15) is 12.5 Å². The second-order valence-corrected chi connectivity index (χ2v) is 6.95. The van der Waals surface area contributed by atoms with Gasteiger partial charge in [-0.15, -0.1) is 0 Å². The maximum absolute atomic E-state index is 12.7. The Morgan fingerprint density at radius 1 is 1.18 bits per heavy atom. The van der Waals surface area contributed by atoms with Crippen molar-refractivity contribution in [2.24, 2.45) is 0 Å². The molecule has 0 saturated carbocycles. The molecule has 144 valence electrons. The van der Waals surface area contributed by atoms with E-state index in [2.05, 4.69) is 10.3 Å². The van der Waals surface area contributed by atoms with Crippen LogP contribution in [0.3, 0.4) is 0 Å². The van der Waals surface area contributed by atoms with Crippen molar-refractivity contribution in [1.82, 2.24) is 9.55 Å². The van der Waals surface area contributed by atoms with Crippen molar-refractivity contribution in [3.63, 3.8) is 0 Å². The maximum atomic E-state index is 12.7. The minimum absolute atomic E-state index is 0.101. The standard InChI is InChI=1S/C21H21N3O3S/c1-3-27-17-10-8-16(9-11-17)24-13-12-22-20(21(24)26)28-14-19(25)23-18-7-5-4-6-15(18)2/h4-13H,3,14H2,1-2H3,(H,23,25). The smallest absolute Gasteiger partial charge is 0.287 e. The number of para-hydroxylation sites is 1. The molecule has 1 heterocycles. The molecule has 0 aliphatic heterocycles. The molecule has 3 rings (SSSR count). The summed E-state index contributed by atoms with van der Waals surface area (Å²) >= 11 is 1.12. The third kappa shape index (κ3) is 4.80. The number of nitrogens with zero attached hydrogens (tertiary/aromatic N) is 2. The highest BCUT2D eigenvalue weighted by molar-refractivity contribution is 7.99. The van der Waals surface area contributed by atoms with Crippen LogP contribution in [0.15, 0.2) is 70.7 Å². The molecular formula is C21H21N3O3S. The minimum Gasteiger partial charge on any atom is -0.494 e. The highest BCUT2D eigenvalue weighted by Gasteiger charge is 2.11. The highest BCUT2D eigenvalue weighted by Crippen LogP contribution is 2.17. The number of amides is 1. The molecule has 0 saturated heterocycles. The lowest BCUT2D eigenvalue weighted by Crippen LogP contribution is -2.22. The van der Waals surface area contributed by atoms with Crippen LogP contribution in [0.2, 0.25) is 0 Å². The van der Waals surface area contributed by atoms with E-state index in [1.165, 1.54) is 4.57 Å². The van der Waals surface area contributed by atoms with Gasteiger partial charge in [0.15, 0.2) is 5.03 Å². The Morgan fingerprint density at radius 3 is 2.64 bits per heavy atom. The van der Waals surface area contributed by atoms with E-state index in [1.54, 1.807) is 12.4 Å². The van der Waals surface area contributed by atoms with Gasteiger partial charge in [0.1, 0.15) is 5.75 Å². The summed E-state index contributed by atoms with van der Waals surface area (Å²) in [6.07, 6.45) is 3.16. The Bertz CT molecular complexity index is 1020. The third-order valence-electron chi connectivity index (χ3n) is 3.99. The van der Waals surface area contributed by atoms with Crippen molar-refractivity contribution < 1.29 is 9.53 Å². The van der Waals surface area contributed by atoms with Gasteiger partial charge in [0.25, 0.3) is 5.56 Å². The summed E-state index contributed by atoms with van der Waals surface area (Å²) in [5, 5.41) is 3.13. The number of aromatic nitrogens is 2. The lowest BCUT2D eigenvalue weighted by molar-refractivity contribution is -0.113. The topological polar surface area (TPSA) is 73.2 Å². The van der Waals surface area contributed by atoms with Crippen LogP contribution in [0, 0.1) is 6.92 Å². The number of hydrogen-bond acceptors (Lipinski definition) is 5. The number of nitrogens with one attached hydrogen (secondary N) is 1. The zero-order chi connectivity index (χ0) is 19.9. The molecule has 1 aromatic heterocycles. The fourth-order valence-corrected chi connectivity index (χ4v) is 3.30. The number of aryl methyl sites for hydroxylation is 1. The molecule has 6 nitrogen and oxygen atoms in total. The third-order valence-corrected chi connectivity index (χ3v) is 4.95. The molecular weight excluding hydrogens is 374 g/mol. The second-order valence-electron chi connectivity index (χ2n) is 5.99. The summed E-state index contributed by atoms with van der Waals surface area (Å²) in [5.41, 5.74) is 2.19.